The highest BCUT2D eigenvalue weighted by Gasteiger charge is 2.42. The second-order valence-electron chi connectivity index (χ2n) is 9.76. The maximum Gasteiger partial charge on any atom is 0.410 e. The van der Waals surface area contributed by atoms with Crippen molar-refractivity contribution in [2.75, 3.05) is 40.8 Å². The number of carboxylic acids is 1. The van der Waals surface area contributed by atoms with Gasteiger partial charge in [0.25, 0.3) is 5.91 Å². The molecule has 34 heavy (non-hydrogen) atoms. The number of rotatable bonds is 6. The molecular weight excluding hydrogens is 458 g/mol. The van der Waals surface area contributed by atoms with E-state index >= 15 is 0 Å². The molecule has 2 amide bonds. The third-order valence-corrected chi connectivity index (χ3v) is 6.14. The maximum atomic E-state index is 12.9. The van der Waals surface area contributed by atoms with Gasteiger partial charge in [-0.2, -0.15) is 0 Å². The number of halogens is 1. The van der Waals surface area contributed by atoms with Crippen LogP contribution in [0.25, 0.3) is 11.1 Å². The van der Waals surface area contributed by atoms with E-state index in [4.69, 9.17) is 4.74 Å². The van der Waals surface area contributed by atoms with Crippen LogP contribution in [0.1, 0.15) is 23.5 Å². The van der Waals surface area contributed by atoms with E-state index in [1.54, 1.807) is 0 Å². The van der Waals surface area contributed by atoms with Gasteiger partial charge in [0, 0.05) is 24.9 Å². The van der Waals surface area contributed by atoms with Crippen LogP contribution in [0.15, 0.2) is 48.5 Å². The zero-order chi connectivity index (χ0) is 23.8. The average Bonchev–Trinajstić information content (AvgIpc) is 3.30. The standard InChI is InChI=1S/C25H29N3O5.ClH/c1-28(2,3)14-23(29)26-16-12-22(24(30)31)27(13-16)25(32)33-15-21-19-10-6-4-8-17(19)18-9-5-7-11-20(18)21;/h4-11,16,21-22H,12-15H2,1-3H3,(H-,26,29,30,31);1H/t16-,22+;/m0./s1. The predicted molar refractivity (Wildman–Crippen MR) is 123 cm³/mol. The second-order valence-corrected chi connectivity index (χ2v) is 9.76. The van der Waals surface area contributed by atoms with Crippen LogP contribution in [-0.2, 0) is 14.3 Å². The fourth-order valence-electron chi connectivity index (χ4n) is 4.76. The molecule has 1 heterocycles. The van der Waals surface area contributed by atoms with Gasteiger partial charge in [0.2, 0.25) is 0 Å². The summed E-state index contributed by atoms with van der Waals surface area (Å²) in [5.74, 6) is -1.38. The number of quaternary nitrogens is 1. The molecule has 2 aliphatic rings. The molecule has 2 aromatic rings. The normalized spacial score (nSPS) is 19.1. The summed E-state index contributed by atoms with van der Waals surface area (Å²) in [5.41, 5.74) is 4.43. The number of carbonyl (C=O) groups is 3. The van der Waals surface area contributed by atoms with Gasteiger partial charge in [-0.1, -0.05) is 48.5 Å². The van der Waals surface area contributed by atoms with Crippen molar-refractivity contribution in [3.8, 4) is 11.1 Å². The number of aliphatic carboxylic acids is 1. The lowest BCUT2D eigenvalue weighted by Crippen LogP contribution is -3.00. The molecule has 0 saturated carbocycles. The Bertz CT molecular complexity index is 1040. The van der Waals surface area contributed by atoms with Gasteiger partial charge in [-0.15, -0.1) is 0 Å². The van der Waals surface area contributed by atoms with Gasteiger partial charge in [-0.05, 0) is 22.3 Å². The van der Waals surface area contributed by atoms with Gasteiger partial charge >= 0.3 is 12.1 Å². The zero-order valence-electron chi connectivity index (χ0n) is 19.5. The first kappa shape index (κ1) is 25.5. The van der Waals surface area contributed by atoms with E-state index in [1.165, 1.54) is 4.90 Å². The van der Waals surface area contributed by atoms with Crippen LogP contribution in [-0.4, -0.2) is 85.4 Å². The molecule has 1 saturated heterocycles. The molecule has 0 radical (unpaired) electrons. The summed E-state index contributed by atoms with van der Waals surface area (Å²) < 4.78 is 6.10. The van der Waals surface area contributed by atoms with Crippen molar-refractivity contribution >= 4 is 18.0 Å². The molecule has 0 unspecified atom stereocenters. The summed E-state index contributed by atoms with van der Waals surface area (Å²) in [6, 6.07) is 14.6. The quantitative estimate of drug-likeness (QED) is 0.525. The smallest absolute Gasteiger partial charge is 0.410 e. The molecule has 2 atom stereocenters. The molecule has 1 fully saturated rings. The number of carboxylic acid groups (broad SMARTS) is 1. The molecule has 2 N–H and O–H groups in total. The molecule has 0 bridgehead atoms. The van der Waals surface area contributed by atoms with Gasteiger partial charge in [0.05, 0.1) is 21.1 Å². The molecule has 182 valence electrons. The number of ether oxygens (including phenoxy) is 1. The minimum Gasteiger partial charge on any atom is -1.00 e. The van der Waals surface area contributed by atoms with Crippen LogP contribution >= 0.6 is 0 Å². The second kappa shape index (κ2) is 10.0. The molecule has 1 aliphatic heterocycles. The van der Waals surface area contributed by atoms with Gasteiger partial charge in [-0.25, -0.2) is 9.59 Å². The Balaban J connectivity index is 0.00000324. The Morgan fingerprint density at radius 2 is 1.59 bits per heavy atom. The van der Waals surface area contributed by atoms with Gasteiger partial charge in [0.15, 0.2) is 6.54 Å². The van der Waals surface area contributed by atoms with Crippen LogP contribution in [0.2, 0.25) is 0 Å². The molecule has 1 aliphatic carbocycles. The number of fused-ring (bicyclic) bond motifs is 3. The Morgan fingerprint density at radius 3 is 2.12 bits per heavy atom. The van der Waals surface area contributed by atoms with Crippen LogP contribution in [0.3, 0.4) is 0 Å². The molecule has 2 aromatic carbocycles. The van der Waals surface area contributed by atoms with Crippen LogP contribution in [0.4, 0.5) is 4.79 Å². The van der Waals surface area contributed by atoms with Crippen molar-refractivity contribution < 1.29 is 41.1 Å². The summed E-state index contributed by atoms with van der Waals surface area (Å²) >= 11 is 0. The maximum absolute atomic E-state index is 12.9. The molecule has 0 aromatic heterocycles. The lowest BCUT2D eigenvalue weighted by molar-refractivity contribution is -0.862. The number of hydrogen-bond acceptors (Lipinski definition) is 4. The molecular formula is C25H30ClN3O5. The van der Waals surface area contributed by atoms with Gasteiger partial charge < -0.3 is 32.1 Å². The first-order valence-electron chi connectivity index (χ1n) is 11.1. The topological polar surface area (TPSA) is 95.9 Å². The van der Waals surface area contributed by atoms with Crippen molar-refractivity contribution in [2.24, 2.45) is 0 Å². The van der Waals surface area contributed by atoms with Crippen LogP contribution in [0, 0.1) is 0 Å². The first-order valence-corrected chi connectivity index (χ1v) is 11.1. The van der Waals surface area contributed by atoms with Crippen LogP contribution < -0.4 is 17.7 Å². The Kier molecular flexibility index (Phi) is 7.53. The van der Waals surface area contributed by atoms with Crippen molar-refractivity contribution in [1.29, 1.82) is 0 Å². The van der Waals surface area contributed by atoms with Crippen molar-refractivity contribution in [3.05, 3.63) is 59.7 Å². The number of benzene rings is 2. The number of carbonyl (C=O) groups excluding carboxylic acids is 2. The summed E-state index contributed by atoms with van der Waals surface area (Å²) in [4.78, 5) is 38.2. The highest BCUT2D eigenvalue weighted by atomic mass is 35.5. The monoisotopic (exact) mass is 487 g/mol. The van der Waals surface area contributed by atoms with Gasteiger partial charge in [0.1, 0.15) is 12.6 Å². The van der Waals surface area contributed by atoms with E-state index in [9.17, 15) is 19.5 Å². The summed E-state index contributed by atoms with van der Waals surface area (Å²) in [7, 11) is 5.70. The summed E-state index contributed by atoms with van der Waals surface area (Å²) in [6.07, 6.45) is -0.518. The van der Waals surface area contributed by atoms with Crippen molar-refractivity contribution in [3.63, 3.8) is 0 Å². The first-order chi connectivity index (χ1) is 15.6. The average molecular weight is 488 g/mol. The largest absolute Gasteiger partial charge is 1.00 e. The number of nitrogens with zero attached hydrogens (tertiary/aromatic N) is 2. The summed E-state index contributed by atoms with van der Waals surface area (Å²) in [5, 5.41) is 12.5. The minimum absolute atomic E-state index is 0. The minimum atomic E-state index is -1.10. The Labute approximate surface area is 205 Å². The van der Waals surface area contributed by atoms with E-state index in [1.807, 2.05) is 57.5 Å². The number of nitrogens with one attached hydrogen (secondary N) is 1. The highest BCUT2D eigenvalue weighted by Crippen LogP contribution is 2.44. The highest BCUT2D eigenvalue weighted by molar-refractivity contribution is 5.83. The molecule has 0 spiro atoms. The SMILES string of the molecule is C[N+](C)(C)CC(=O)N[C@H]1C[C@H](C(=O)O)N(C(=O)OCC2c3ccccc3-c3ccccc32)C1.[Cl-]. The fourth-order valence-corrected chi connectivity index (χ4v) is 4.76. The lowest BCUT2D eigenvalue weighted by Gasteiger charge is -2.24. The Hall–Kier alpha value is -3.10. The van der Waals surface area contributed by atoms with E-state index in [-0.39, 0.29) is 50.3 Å². The fraction of sp³-hybridized carbons (Fsp3) is 0.400. The van der Waals surface area contributed by atoms with Crippen LogP contribution in [0.5, 0.6) is 0 Å². The zero-order valence-corrected chi connectivity index (χ0v) is 20.3. The lowest BCUT2D eigenvalue weighted by atomic mass is 9.98. The number of hydrogen-bond donors (Lipinski definition) is 2. The number of likely N-dealkylation sites (N-methyl/N-ethyl adjacent to an activating group) is 1. The van der Waals surface area contributed by atoms with E-state index in [2.05, 4.69) is 17.4 Å². The van der Waals surface area contributed by atoms with E-state index in [0.29, 0.717) is 4.48 Å². The molecule has 9 heteroatoms. The van der Waals surface area contributed by atoms with E-state index < -0.39 is 24.1 Å². The number of amides is 2. The molecule has 4 rings (SSSR count). The van der Waals surface area contributed by atoms with Gasteiger partial charge in [-0.3, -0.25) is 9.69 Å². The number of likely N-dealkylation sites (tertiary alicyclic amines) is 1. The van der Waals surface area contributed by atoms with Crippen molar-refractivity contribution in [2.45, 2.75) is 24.4 Å². The molecule has 8 nitrogen and oxygen atoms in total. The predicted octanol–water partition coefficient (Wildman–Crippen LogP) is -0.711. The third kappa shape index (κ3) is 5.34. The Morgan fingerprint density at radius 1 is 1.03 bits per heavy atom. The summed E-state index contributed by atoms with van der Waals surface area (Å²) in [6.45, 7) is 0.490. The van der Waals surface area contributed by atoms with E-state index in [0.717, 1.165) is 22.3 Å². The van der Waals surface area contributed by atoms with Crippen molar-refractivity contribution in [1.82, 2.24) is 10.2 Å². The third-order valence-electron chi connectivity index (χ3n) is 6.14.